The van der Waals surface area contributed by atoms with Crippen molar-refractivity contribution < 1.29 is 14.4 Å². The molecule has 0 unspecified atom stereocenters. The van der Waals surface area contributed by atoms with Gasteiger partial charge in [0.25, 0.3) is 11.8 Å². The Morgan fingerprint density at radius 2 is 1.90 bits per heavy atom. The van der Waals surface area contributed by atoms with E-state index in [0.717, 1.165) is 22.2 Å². The fraction of sp³-hybridized carbons (Fsp3) is 0.217. The largest absolute Gasteiger partial charge is 0.353 e. The monoisotopic (exact) mass is 402 g/mol. The average molecular weight is 402 g/mol. The quantitative estimate of drug-likeness (QED) is 0.699. The van der Waals surface area contributed by atoms with Gasteiger partial charge >= 0.3 is 0 Å². The van der Waals surface area contributed by atoms with Crippen LogP contribution in [-0.4, -0.2) is 47.2 Å². The first kappa shape index (κ1) is 19.6. The van der Waals surface area contributed by atoms with Crippen LogP contribution in [0.25, 0.3) is 10.9 Å². The summed E-state index contributed by atoms with van der Waals surface area (Å²) < 4.78 is 0. The van der Waals surface area contributed by atoms with Gasteiger partial charge in [-0.3, -0.25) is 19.4 Å². The molecule has 0 atom stereocenters. The van der Waals surface area contributed by atoms with Crippen LogP contribution in [0.5, 0.6) is 0 Å². The average Bonchev–Trinajstić information content (AvgIpc) is 2.76. The number of benzene rings is 2. The molecule has 1 aliphatic heterocycles. The van der Waals surface area contributed by atoms with Crippen LogP contribution in [0.15, 0.2) is 54.6 Å². The van der Waals surface area contributed by atoms with Crippen LogP contribution >= 0.6 is 0 Å². The summed E-state index contributed by atoms with van der Waals surface area (Å²) in [5, 5.41) is 6.46. The SMILES string of the molecule is Cc1cc(C(=O)NCc2ccc(C(=O)N3CCNC(=O)C3)cc2)c2ccccc2n1. The van der Waals surface area contributed by atoms with Crippen molar-refractivity contribution in [3.8, 4) is 0 Å². The van der Waals surface area contributed by atoms with Crippen LogP contribution < -0.4 is 10.6 Å². The van der Waals surface area contributed by atoms with Gasteiger partial charge in [-0.25, -0.2) is 0 Å². The molecule has 3 aromatic rings. The Labute approximate surface area is 174 Å². The van der Waals surface area contributed by atoms with Crippen molar-refractivity contribution in [3.05, 3.63) is 77.0 Å². The van der Waals surface area contributed by atoms with Crippen LogP contribution in [0.1, 0.15) is 32.0 Å². The first-order valence-electron chi connectivity index (χ1n) is 9.81. The predicted octanol–water partition coefficient (Wildman–Crippen LogP) is 2.05. The molecule has 2 heterocycles. The first-order valence-corrected chi connectivity index (χ1v) is 9.81. The number of carbonyl (C=O) groups is 3. The lowest BCUT2D eigenvalue weighted by Crippen LogP contribution is -2.49. The maximum absolute atomic E-state index is 12.8. The highest BCUT2D eigenvalue weighted by molar-refractivity contribution is 6.06. The molecule has 4 rings (SSSR count). The molecule has 0 bridgehead atoms. The van der Waals surface area contributed by atoms with Gasteiger partial charge < -0.3 is 15.5 Å². The van der Waals surface area contributed by atoms with E-state index in [2.05, 4.69) is 15.6 Å². The van der Waals surface area contributed by atoms with Gasteiger partial charge in [0.15, 0.2) is 0 Å². The topological polar surface area (TPSA) is 91.4 Å². The maximum atomic E-state index is 12.8. The van der Waals surface area contributed by atoms with Gasteiger partial charge in [-0.2, -0.15) is 0 Å². The summed E-state index contributed by atoms with van der Waals surface area (Å²) in [6.07, 6.45) is 0. The number of fused-ring (bicyclic) bond motifs is 1. The van der Waals surface area contributed by atoms with E-state index >= 15 is 0 Å². The van der Waals surface area contributed by atoms with Crippen LogP contribution in [-0.2, 0) is 11.3 Å². The van der Waals surface area contributed by atoms with Crippen molar-refractivity contribution in [1.29, 1.82) is 0 Å². The number of hydrogen-bond donors (Lipinski definition) is 2. The zero-order chi connectivity index (χ0) is 21.1. The molecule has 1 saturated heterocycles. The van der Waals surface area contributed by atoms with Gasteiger partial charge in [0, 0.05) is 36.3 Å². The van der Waals surface area contributed by atoms with Crippen molar-refractivity contribution in [2.45, 2.75) is 13.5 Å². The van der Waals surface area contributed by atoms with Gasteiger partial charge in [-0.05, 0) is 36.8 Å². The molecule has 7 heteroatoms. The zero-order valence-corrected chi connectivity index (χ0v) is 16.6. The number of nitrogens with one attached hydrogen (secondary N) is 2. The van der Waals surface area contributed by atoms with Crippen LogP contribution in [0.4, 0.5) is 0 Å². The molecule has 2 N–H and O–H groups in total. The minimum atomic E-state index is -0.170. The Morgan fingerprint density at radius 3 is 2.67 bits per heavy atom. The van der Waals surface area contributed by atoms with Gasteiger partial charge in [-0.15, -0.1) is 0 Å². The second-order valence-corrected chi connectivity index (χ2v) is 7.28. The summed E-state index contributed by atoms with van der Waals surface area (Å²) in [6, 6.07) is 16.4. The molecule has 0 saturated carbocycles. The molecule has 30 heavy (non-hydrogen) atoms. The number of para-hydroxylation sites is 1. The second kappa shape index (κ2) is 8.32. The molecular weight excluding hydrogens is 380 g/mol. The number of nitrogens with zero attached hydrogens (tertiary/aromatic N) is 2. The summed E-state index contributed by atoms with van der Waals surface area (Å²) >= 11 is 0. The Kier molecular flexibility index (Phi) is 5.43. The maximum Gasteiger partial charge on any atom is 0.254 e. The number of pyridine rings is 1. The van der Waals surface area contributed by atoms with Gasteiger partial charge in [0.1, 0.15) is 0 Å². The molecule has 3 amide bonds. The smallest absolute Gasteiger partial charge is 0.254 e. The third-order valence-electron chi connectivity index (χ3n) is 5.07. The number of amides is 3. The standard InChI is InChI=1S/C23H22N4O3/c1-15-12-19(18-4-2-3-5-20(18)26-15)22(29)25-13-16-6-8-17(9-7-16)23(30)27-11-10-24-21(28)14-27/h2-9,12H,10-11,13-14H2,1H3,(H,24,28)(H,25,29). The number of piperazine rings is 1. The second-order valence-electron chi connectivity index (χ2n) is 7.28. The predicted molar refractivity (Wildman–Crippen MR) is 113 cm³/mol. The number of hydrogen-bond acceptors (Lipinski definition) is 4. The summed E-state index contributed by atoms with van der Waals surface area (Å²) in [6.45, 7) is 3.26. The van der Waals surface area contributed by atoms with E-state index in [4.69, 9.17) is 0 Å². The number of aromatic nitrogens is 1. The molecule has 1 fully saturated rings. The van der Waals surface area contributed by atoms with E-state index in [0.29, 0.717) is 30.8 Å². The minimum Gasteiger partial charge on any atom is -0.353 e. The molecule has 1 aromatic heterocycles. The van der Waals surface area contributed by atoms with Crippen LogP contribution in [0, 0.1) is 6.92 Å². The first-order chi connectivity index (χ1) is 14.5. The molecular formula is C23H22N4O3. The molecule has 0 spiro atoms. The third-order valence-corrected chi connectivity index (χ3v) is 5.07. The van der Waals surface area contributed by atoms with Crippen molar-refractivity contribution >= 4 is 28.6 Å². The molecule has 1 aliphatic rings. The normalized spacial score (nSPS) is 13.8. The lowest BCUT2D eigenvalue weighted by atomic mass is 10.1. The Hall–Kier alpha value is -3.74. The summed E-state index contributed by atoms with van der Waals surface area (Å²) in [7, 11) is 0. The molecule has 0 aliphatic carbocycles. The van der Waals surface area contributed by atoms with Crippen molar-refractivity contribution in [3.63, 3.8) is 0 Å². The van der Waals surface area contributed by atoms with E-state index in [1.165, 1.54) is 4.90 Å². The van der Waals surface area contributed by atoms with E-state index in [-0.39, 0.29) is 24.3 Å². The molecule has 152 valence electrons. The highest BCUT2D eigenvalue weighted by atomic mass is 16.2. The fourth-order valence-corrected chi connectivity index (χ4v) is 3.53. The number of rotatable bonds is 4. The van der Waals surface area contributed by atoms with Crippen molar-refractivity contribution in [2.24, 2.45) is 0 Å². The Morgan fingerprint density at radius 1 is 1.13 bits per heavy atom. The molecule has 0 radical (unpaired) electrons. The highest BCUT2D eigenvalue weighted by Gasteiger charge is 2.22. The summed E-state index contributed by atoms with van der Waals surface area (Å²) in [5.74, 6) is -0.483. The lowest BCUT2D eigenvalue weighted by Gasteiger charge is -2.26. The molecule has 2 aromatic carbocycles. The minimum absolute atomic E-state index is 0.0793. The number of carbonyl (C=O) groups excluding carboxylic acids is 3. The van der Waals surface area contributed by atoms with E-state index < -0.39 is 0 Å². The highest BCUT2D eigenvalue weighted by Crippen LogP contribution is 2.18. The van der Waals surface area contributed by atoms with Gasteiger partial charge in [-0.1, -0.05) is 30.3 Å². The van der Waals surface area contributed by atoms with E-state index in [9.17, 15) is 14.4 Å². The zero-order valence-electron chi connectivity index (χ0n) is 16.6. The van der Waals surface area contributed by atoms with E-state index in [1.54, 1.807) is 18.2 Å². The summed E-state index contributed by atoms with van der Waals surface area (Å²) in [5.41, 5.74) is 3.57. The summed E-state index contributed by atoms with van der Waals surface area (Å²) in [4.78, 5) is 42.8. The lowest BCUT2D eigenvalue weighted by molar-refractivity contribution is -0.123. The van der Waals surface area contributed by atoms with Crippen molar-refractivity contribution in [1.82, 2.24) is 20.5 Å². The third kappa shape index (κ3) is 4.15. The Balaban J connectivity index is 1.43. The number of aryl methyl sites for hydroxylation is 1. The fourth-order valence-electron chi connectivity index (χ4n) is 3.53. The van der Waals surface area contributed by atoms with Crippen LogP contribution in [0.2, 0.25) is 0 Å². The Bertz CT molecular complexity index is 1130. The van der Waals surface area contributed by atoms with Gasteiger partial charge in [0.2, 0.25) is 5.91 Å². The van der Waals surface area contributed by atoms with Crippen molar-refractivity contribution in [2.75, 3.05) is 19.6 Å². The van der Waals surface area contributed by atoms with Crippen LogP contribution in [0.3, 0.4) is 0 Å². The molecule has 7 nitrogen and oxygen atoms in total. The van der Waals surface area contributed by atoms with Gasteiger partial charge in [0.05, 0.1) is 17.6 Å². The van der Waals surface area contributed by atoms with E-state index in [1.807, 2.05) is 43.3 Å².